The molecular weight excluding hydrogens is 379 g/mol. The minimum absolute atomic E-state index is 0.331. The Bertz CT molecular complexity index is 766. The molecule has 154 valence electrons. The highest BCUT2D eigenvalue weighted by Crippen LogP contribution is 2.23. The second-order valence-electron chi connectivity index (χ2n) is 7.98. The molecule has 0 bridgehead atoms. The number of amidine groups is 1. The van der Waals surface area contributed by atoms with E-state index in [1.807, 2.05) is 51.6 Å². The number of anilines is 1. The van der Waals surface area contributed by atoms with Crippen LogP contribution in [0, 0.1) is 5.82 Å². The SMILES string of the molecule is CC(=NC(=S)c1ccc(N2CCN(C(=O)OC(C)(C)C)CC2)c(F)c1)N(C)C. The van der Waals surface area contributed by atoms with Gasteiger partial charge in [0.1, 0.15) is 22.2 Å². The van der Waals surface area contributed by atoms with Gasteiger partial charge in [0.05, 0.1) is 5.69 Å². The van der Waals surface area contributed by atoms with Crippen LogP contribution in [-0.4, -0.2) is 72.6 Å². The fourth-order valence-corrected chi connectivity index (χ4v) is 2.92. The van der Waals surface area contributed by atoms with Crippen LogP contribution >= 0.6 is 12.2 Å². The summed E-state index contributed by atoms with van der Waals surface area (Å²) < 4.78 is 20.1. The molecular formula is C20H29FN4O2S. The molecule has 0 N–H and O–H groups in total. The minimum atomic E-state index is -0.526. The van der Waals surface area contributed by atoms with Crippen LogP contribution in [0.1, 0.15) is 33.3 Å². The first-order valence-corrected chi connectivity index (χ1v) is 9.68. The number of halogens is 1. The van der Waals surface area contributed by atoms with Crippen LogP contribution in [0.5, 0.6) is 0 Å². The average molecular weight is 409 g/mol. The summed E-state index contributed by atoms with van der Waals surface area (Å²) in [5.74, 6) is 0.413. The largest absolute Gasteiger partial charge is 0.444 e. The van der Waals surface area contributed by atoms with Crippen molar-refractivity contribution in [2.24, 2.45) is 4.99 Å². The van der Waals surface area contributed by atoms with E-state index < -0.39 is 5.60 Å². The first kappa shape index (κ1) is 22.1. The van der Waals surface area contributed by atoms with Gasteiger partial charge in [-0.25, -0.2) is 14.2 Å². The minimum Gasteiger partial charge on any atom is -0.444 e. The molecule has 2 rings (SSSR count). The number of carbonyl (C=O) groups is 1. The highest BCUT2D eigenvalue weighted by molar-refractivity contribution is 7.80. The summed E-state index contributed by atoms with van der Waals surface area (Å²) in [4.78, 5) is 22.3. The van der Waals surface area contributed by atoms with Gasteiger partial charge in [-0.3, -0.25) is 0 Å². The monoisotopic (exact) mass is 408 g/mol. The van der Waals surface area contributed by atoms with Gasteiger partial charge in [0.2, 0.25) is 0 Å². The second-order valence-corrected chi connectivity index (χ2v) is 8.37. The molecule has 0 aliphatic carbocycles. The lowest BCUT2D eigenvalue weighted by molar-refractivity contribution is 0.0240. The van der Waals surface area contributed by atoms with Crippen LogP contribution in [0.25, 0.3) is 0 Å². The molecule has 8 heteroatoms. The van der Waals surface area contributed by atoms with Crippen molar-refractivity contribution >= 4 is 34.8 Å². The van der Waals surface area contributed by atoms with Gasteiger partial charge in [0.25, 0.3) is 0 Å². The van der Waals surface area contributed by atoms with E-state index in [4.69, 9.17) is 17.0 Å². The zero-order chi connectivity index (χ0) is 21.1. The van der Waals surface area contributed by atoms with Gasteiger partial charge >= 0.3 is 6.09 Å². The molecule has 6 nitrogen and oxygen atoms in total. The molecule has 0 saturated carbocycles. The van der Waals surface area contributed by atoms with Crippen molar-refractivity contribution < 1.29 is 13.9 Å². The van der Waals surface area contributed by atoms with Crippen LogP contribution < -0.4 is 4.90 Å². The van der Waals surface area contributed by atoms with Crippen LogP contribution in [-0.2, 0) is 4.74 Å². The average Bonchev–Trinajstić information content (AvgIpc) is 2.60. The third-order valence-corrected chi connectivity index (χ3v) is 4.70. The normalized spacial score (nSPS) is 15.5. The van der Waals surface area contributed by atoms with Crippen molar-refractivity contribution in [3.63, 3.8) is 0 Å². The Morgan fingerprint density at radius 2 is 1.82 bits per heavy atom. The number of hydrogen-bond donors (Lipinski definition) is 0. The molecule has 0 unspecified atom stereocenters. The molecule has 1 amide bonds. The van der Waals surface area contributed by atoms with Gasteiger partial charge in [-0.15, -0.1) is 0 Å². The Morgan fingerprint density at radius 3 is 2.32 bits per heavy atom. The lowest BCUT2D eigenvalue weighted by atomic mass is 10.1. The van der Waals surface area contributed by atoms with Crippen molar-refractivity contribution in [2.45, 2.75) is 33.3 Å². The van der Waals surface area contributed by atoms with Crippen LogP contribution in [0.4, 0.5) is 14.9 Å². The van der Waals surface area contributed by atoms with E-state index in [0.29, 0.717) is 42.4 Å². The molecule has 0 aromatic heterocycles. The fraction of sp³-hybridized carbons (Fsp3) is 0.550. The van der Waals surface area contributed by atoms with Crippen LogP contribution in [0.15, 0.2) is 23.2 Å². The van der Waals surface area contributed by atoms with E-state index in [9.17, 15) is 9.18 Å². The number of thiocarbonyl (C=S) groups is 1. The molecule has 1 heterocycles. The highest BCUT2D eigenvalue weighted by atomic mass is 32.1. The molecule has 1 aromatic carbocycles. The summed E-state index contributed by atoms with van der Waals surface area (Å²) in [6.07, 6.45) is -0.331. The maximum atomic E-state index is 14.7. The summed E-state index contributed by atoms with van der Waals surface area (Å²) in [5.41, 5.74) is 0.552. The van der Waals surface area contributed by atoms with E-state index in [-0.39, 0.29) is 11.9 Å². The summed E-state index contributed by atoms with van der Waals surface area (Å²) in [5, 5.41) is 0. The molecule has 1 aromatic rings. The third kappa shape index (κ3) is 5.89. The topological polar surface area (TPSA) is 48.4 Å². The quantitative estimate of drug-likeness (QED) is 0.426. The van der Waals surface area contributed by atoms with Gasteiger partial charge < -0.3 is 19.4 Å². The molecule has 0 spiro atoms. The molecule has 1 aliphatic rings. The third-order valence-electron chi connectivity index (χ3n) is 4.38. The number of aliphatic imine (C=N–C) groups is 1. The number of ether oxygens (including phenoxy) is 1. The Kier molecular flexibility index (Phi) is 6.98. The van der Waals surface area contributed by atoms with Crippen molar-refractivity contribution in [3.8, 4) is 0 Å². The molecule has 0 atom stereocenters. The molecule has 1 aliphatic heterocycles. The zero-order valence-corrected chi connectivity index (χ0v) is 18.3. The summed E-state index contributed by atoms with van der Waals surface area (Å²) in [6.45, 7) is 9.42. The predicted octanol–water partition coefficient (Wildman–Crippen LogP) is 3.54. The Labute approximate surface area is 172 Å². The van der Waals surface area contributed by atoms with Crippen molar-refractivity contribution in [1.29, 1.82) is 0 Å². The number of benzene rings is 1. The van der Waals surface area contributed by atoms with Crippen LogP contribution in [0.2, 0.25) is 0 Å². The van der Waals surface area contributed by atoms with Gasteiger partial charge in [-0.2, -0.15) is 0 Å². The van der Waals surface area contributed by atoms with E-state index in [0.717, 1.165) is 5.84 Å². The van der Waals surface area contributed by atoms with E-state index in [1.165, 1.54) is 6.07 Å². The van der Waals surface area contributed by atoms with Crippen molar-refractivity contribution in [3.05, 3.63) is 29.6 Å². The van der Waals surface area contributed by atoms with Gasteiger partial charge in [0.15, 0.2) is 0 Å². The first-order valence-electron chi connectivity index (χ1n) is 9.27. The predicted molar refractivity (Wildman–Crippen MR) is 115 cm³/mol. The molecule has 28 heavy (non-hydrogen) atoms. The number of hydrogen-bond acceptors (Lipinski definition) is 4. The maximum Gasteiger partial charge on any atom is 0.410 e. The lowest BCUT2D eigenvalue weighted by Crippen LogP contribution is -2.50. The Hall–Kier alpha value is -2.22. The van der Waals surface area contributed by atoms with Gasteiger partial charge in [-0.1, -0.05) is 12.2 Å². The fourth-order valence-electron chi connectivity index (χ4n) is 2.66. The number of nitrogens with zero attached hydrogens (tertiary/aromatic N) is 4. The standard InChI is InChI=1S/C20H29FN4O2S/c1-14(23(5)6)22-18(28)15-7-8-17(16(21)13-15)24-9-11-25(12-10-24)19(26)27-20(2,3)4/h7-8,13H,9-12H2,1-6H3. The van der Waals surface area contributed by atoms with Gasteiger partial charge in [-0.05, 0) is 45.9 Å². The maximum absolute atomic E-state index is 14.7. The summed E-state index contributed by atoms with van der Waals surface area (Å²) >= 11 is 5.31. The second kappa shape index (κ2) is 8.86. The van der Waals surface area contributed by atoms with E-state index >= 15 is 0 Å². The number of carbonyl (C=O) groups excluding carboxylic acids is 1. The molecule has 1 saturated heterocycles. The summed E-state index contributed by atoms with van der Waals surface area (Å²) in [6, 6.07) is 4.93. The highest BCUT2D eigenvalue weighted by Gasteiger charge is 2.26. The lowest BCUT2D eigenvalue weighted by Gasteiger charge is -2.36. The number of rotatable bonds is 2. The zero-order valence-electron chi connectivity index (χ0n) is 17.5. The van der Waals surface area contributed by atoms with Crippen molar-refractivity contribution in [2.75, 3.05) is 45.2 Å². The molecule has 1 fully saturated rings. The van der Waals surface area contributed by atoms with Gasteiger partial charge in [0, 0.05) is 45.8 Å². The van der Waals surface area contributed by atoms with Crippen LogP contribution in [0.3, 0.4) is 0 Å². The first-order chi connectivity index (χ1) is 13.0. The number of amides is 1. The van der Waals surface area contributed by atoms with Crippen molar-refractivity contribution in [1.82, 2.24) is 9.80 Å². The smallest absolute Gasteiger partial charge is 0.410 e. The Balaban J connectivity index is 2.03. The number of piperazine rings is 1. The molecule has 0 radical (unpaired) electrons. The van der Waals surface area contributed by atoms with E-state index in [1.54, 1.807) is 17.0 Å². The summed E-state index contributed by atoms with van der Waals surface area (Å²) in [7, 11) is 3.75. The Morgan fingerprint density at radius 1 is 1.21 bits per heavy atom. The van der Waals surface area contributed by atoms with E-state index in [2.05, 4.69) is 4.99 Å².